The first-order chi connectivity index (χ1) is 5.99. The summed E-state index contributed by atoms with van der Waals surface area (Å²) in [7, 11) is 0. The van der Waals surface area contributed by atoms with Crippen LogP contribution in [0.25, 0.3) is 0 Å². The Morgan fingerprint density at radius 3 is 2.08 bits per heavy atom. The van der Waals surface area contributed by atoms with Crippen LogP contribution in [-0.2, 0) is 18.3 Å². The molecule has 1 rings (SSSR count). The van der Waals surface area contributed by atoms with E-state index in [-0.39, 0.29) is 0 Å². The van der Waals surface area contributed by atoms with Crippen LogP contribution in [0.15, 0.2) is 6.07 Å². The van der Waals surface area contributed by atoms with Crippen molar-refractivity contribution in [3.63, 3.8) is 0 Å². The molecule has 74 valence electrons. The van der Waals surface area contributed by atoms with Crippen LogP contribution in [0.4, 0.5) is 0 Å². The van der Waals surface area contributed by atoms with Gasteiger partial charge in [-0.15, -0.1) is 11.3 Å². The van der Waals surface area contributed by atoms with E-state index < -0.39 is 0 Å². The van der Waals surface area contributed by atoms with Gasteiger partial charge >= 0.3 is 0 Å². The van der Waals surface area contributed by atoms with Crippen molar-refractivity contribution in [3.05, 3.63) is 21.4 Å². The highest BCUT2D eigenvalue weighted by Gasteiger charge is 2.19. The first-order valence-corrected chi connectivity index (χ1v) is 5.92. The molecule has 0 aliphatic carbocycles. The standard InChI is InChI=1S/C12H20S/c1-6-9-8-10(7-2)13-11(9)12(3,4)5/h8H,6-7H2,1-5H3. The summed E-state index contributed by atoms with van der Waals surface area (Å²) >= 11 is 1.99. The Hall–Kier alpha value is -0.300. The van der Waals surface area contributed by atoms with Crippen LogP contribution in [0.3, 0.4) is 0 Å². The van der Waals surface area contributed by atoms with Gasteiger partial charge in [0.2, 0.25) is 0 Å². The van der Waals surface area contributed by atoms with Gasteiger partial charge < -0.3 is 0 Å². The molecule has 0 bridgehead atoms. The van der Waals surface area contributed by atoms with E-state index in [1.807, 2.05) is 11.3 Å². The Bertz CT molecular complexity index is 276. The summed E-state index contributed by atoms with van der Waals surface area (Å²) in [6.07, 6.45) is 2.34. The maximum Gasteiger partial charge on any atom is 0.0134 e. The van der Waals surface area contributed by atoms with E-state index in [1.165, 1.54) is 17.7 Å². The topological polar surface area (TPSA) is 0 Å². The van der Waals surface area contributed by atoms with Crippen molar-refractivity contribution in [2.45, 2.75) is 52.9 Å². The fourth-order valence-electron chi connectivity index (χ4n) is 1.56. The second kappa shape index (κ2) is 3.83. The maximum atomic E-state index is 2.38. The Balaban J connectivity index is 3.11. The zero-order valence-corrected chi connectivity index (χ0v) is 10.2. The highest BCUT2D eigenvalue weighted by molar-refractivity contribution is 7.12. The molecule has 1 aromatic heterocycles. The number of thiophene rings is 1. The predicted molar refractivity (Wildman–Crippen MR) is 61.8 cm³/mol. The molecule has 0 nitrogen and oxygen atoms in total. The van der Waals surface area contributed by atoms with Crippen LogP contribution in [0.2, 0.25) is 0 Å². The quantitative estimate of drug-likeness (QED) is 0.666. The molecule has 0 N–H and O–H groups in total. The lowest BCUT2D eigenvalue weighted by molar-refractivity contribution is 0.598. The SMILES string of the molecule is CCc1cc(CC)c(C(C)(C)C)s1. The highest BCUT2D eigenvalue weighted by atomic mass is 32.1. The van der Waals surface area contributed by atoms with E-state index >= 15 is 0 Å². The van der Waals surface area contributed by atoms with Crippen LogP contribution in [0, 0.1) is 0 Å². The Morgan fingerprint density at radius 2 is 1.77 bits per heavy atom. The van der Waals surface area contributed by atoms with Gasteiger partial charge in [-0.1, -0.05) is 34.6 Å². The molecule has 1 aromatic rings. The molecule has 0 unspecified atom stereocenters. The molecule has 0 saturated carbocycles. The van der Waals surface area contributed by atoms with Crippen molar-refractivity contribution in [1.29, 1.82) is 0 Å². The third kappa shape index (κ3) is 2.34. The fraction of sp³-hybridized carbons (Fsp3) is 0.667. The van der Waals surface area contributed by atoms with E-state index in [0.29, 0.717) is 5.41 Å². The number of rotatable bonds is 2. The van der Waals surface area contributed by atoms with Gasteiger partial charge in [0, 0.05) is 9.75 Å². The van der Waals surface area contributed by atoms with Gasteiger partial charge in [-0.05, 0) is 29.9 Å². The van der Waals surface area contributed by atoms with Crippen molar-refractivity contribution in [2.24, 2.45) is 0 Å². The number of hydrogen-bond donors (Lipinski definition) is 0. The average Bonchev–Trinajstić information content (AvgIpc) is 2.46. The lowest BCUT2D eigenvalue weighted by atomic mass is 9.91. The molecular formula is C12H20S. The largest absolute Gasteiger partial charge is 0.145 e. The summed E-state index contributed by atoms with van der Waals surface area (Å²) in [6, 6.07) is 2.38. The molecule has 0 saturated heterocycles. The molecule has 1 heteroatoms. The zero-order chi connectivity index (χ0) is 10.1. The van der Waals surface area contributed by atoms with Gasteiger partial charge in [-0.3, -0.25) is 0 Å². The van der Waals surface area contributed by atoms with Gasteiger partial charge in [0.25, 0.3) is 0 Å². The van der Waals surface area contributed by atoms with Crippen molar-refractivity contribution in [1.82, 2.24) is 0 Å². The van der Waals surface area contributed by atoms with Crippen molar-refractivity contribution in [2.75, 3.05) is 0 Å². The Kier molecular flexibility index (Phi) is 3.18. The molecule has 1 heterocycles. The highest BCUT2D eigenvalue weighted by Crippen LogP contribution is 2.34. The molecule has 0 atom stereocenters. The third-order valence-corrected chi connectivity index (χ3v) is 4.02. The molecule has 13 heavy (non-hydrogen) atoms. The molecular weight excluding hydrogens is 176 g/mol. The molecule has 0 amide bonds. The summed E-state index contributed by atoms with van der Waals surface area (Å²) in [5.74, 6) is 0. The molecule has 0 aliphatic rings. The van der Waals surface area contributed by atoms with E-state index in [1.54, 1.807) is 10.4 Å². The van der Waals surface area contributed by atoms with Crippen molar-refractivity contribution < 1.29 is 0 Å². The Morgan fingerprint density at radius 1 is 1.15 bits per heavy atom. The lowest BCUT2D eigenvalue weighted by Crippen LogP contribution is -2.10. The monoisotopic (exact) mass is 196 g/mol. The second-order valence-corrected chi connectivity index (χ2v) is 5.66. The number of aryl methyl sites for hydroxylation is 2. The van der Waals surface area contributed by atoms with Gasteiger partial charge in [-0.2, -0.15) is 0 Å². The molecule has 0 spiro atoms. The van der Waals surface area contributed by atoms with E-state index in [2.05, 4.69) is 40.7 Å². The molecule has 0 aliphatic heterocycles. The molecule has 0 radical (unpaired) electrons. The average molecular weight is 196 g/mol. The van der Waals surface area contributed by atoms with Gasteiger partial charge in [0.15, 0.2) is 0 Å². The summed E-state index contributed by atoms with van der Waals surface area (Å²) in [5, 5.41) is 0. The van der Waals surface area contributed by atoms with Crippen LogP contribution in [0.5, 0.6) is 0 Å². The van der Waals surface area contributed by atoms with Gasteiger partial charge in [0.1, 0.15) is 0 Å². The minimum atomic E-state index is 0.323. The number of hydrogen-bond acceptors (Lipinski definition) is 1. The van der Waals surface area contributed by atoms with Gasteiger partial charge in [0.05, 0.1) is 0 Å². The molecule has 0 aromatic carbocycles. The van der Waals surface area contributed by atoms with Crippen molar-refractivity contribution >= 4 is 11.3 Å². The molecule has 0 fully saturated rings. The fourth-order valence-corrected chi connectivity index (χ4v) is 2.81. The third-order valence-electron chi connectivity index (χ3n) is 2.27. The van der Waals surface area contributed by atoms with Crippen molar-refractivity contribution in [3.8, 4) is 0 Å². The summed E-state index contributed by atoms with van der Waals surface area (Å²) in [6.45, 7) is 11.4. The summed E-state index contributed by atoms with van der Waals surface area (Å²) < 4.78 is 0. The minimum absolute atomic E-state index is 0.323. The van der Waals surface area contributed by atoms with Crippen LogP contribution < -0.4 is 0 Å². The summed E-state index contributed by atoms with van der Waals surface area (Å²) in [4.78, 5) is 3.11. The van der Waals surface area contributed by atoms with Crippen LogP contribution >= 0.6 is 11.3 Å². The lowest BCUT2D eigenvalue weighted by Gasteiger charge is -2.18. The first-order valence-electron chi connectivity index (χ1n) is 5.11. The Labute approximate surface area is 86.0 Å². The van der Waals surface area contributed by atoms with E-state index in [0.717, 1.165) is 0 Å². The maximum absolute atomic E-state index is 2.38. The van der Waals surface area contributed by atoms with E-state index in [9.17, 15) is 0 Å². The first kappa shape index (κ1) is 10.8. The minimum Gasteiger partial charge on any atom is -0.145 e. The van der Waals surface area contributed by atoms with Gasteiger partial charge in [-0.25, -0.2) is 0 Å². The smallest absolute Gasteiger partial charge is 0.0134 e. The zero-order valence-electron chi connectivity index (χ0n) is 9.40. The van der Waals surface area contributed by atoms with E-state index in [4.69, 9.17) is 0 Å². The van der Waals surface area contributed by atoms with Crippen LogP contribution in [-0.4, -0.2) is 0 Å². The second-order valence-electron chi connectivity index (χ2n) is 4.52. The summed E-state index contributed by atoms with van der Waals surface area (Å²) in [5.41, 5.74) is 1.87. The normalized spacial score (nSPS) is 12.1. The van der Waals surface area contributed by atoms with Crippen LogP contribution in [0.1, 0.15) is 49.9 Å². The predicted octanol–water partition coefficient (Wildman–Crippen LogP) is 4.17.